The van der Waals surface area contributed by atoms with E-state index in [9.17, 15) is 12.8 Å². The third-order valence-corrected chi connectivity index (χ3v) is 4.53. The second-order valence-corrected chi connectivity index (χ2v) is 6.26. The van der Waals surface area contributed by atoms with Crippen LogP contribution in [0.4, 0.5) is 4.39 Å². The summed E-state index contributed by atoms with van der Waals surface area (Å²) in [5.74, 6) is -0.361. The minimum absolute atomic E-state index is 0.139. The smallest absolute Gasteiger partial charge is 0.207 e. The van der Waals surface area contributed by atoms with Crippen LogP contribution in [0.25, 0.3) is 0 Å². The maximum Gasteiger partial charge on any atom is 0.281 e. The molecule has 0 N–H and O–H groups in total. The highest BCUT2D eigenvalue weighted by molar-refractivity contribution is 7.86. The third-order valence-electron chi connectivity index (χ3n) is 2.64. The van der Waals surface area contributed by atoms with Gasteiger partial charge in [0.25, 0.3) is 10.2 Å². The van der Waals surface area contributed by atoms with Crippen molar-refractivity contribution in [2.75, 3.05) is 20.6 Å². The van der Waals surface area contributed by atoms with Gasteiger partial charge in [-0.1, -0.05) is 12.1 Å². The van der Waals surface area contributed by atoms with E-state index < -0.39 is 10.2 Å². The quantitative estimate of drug-likeness (QED) is 0.792. The highest BCUT2D eigenvalue weighted by atomic mass is 32.2. The highest BCUT2D eigenvalue weighted by Gasteiger charge is 2.23. The Morgan fingerprint density at radius 3 is 2.32 bits per heavy atom. The van der Waals surface area contributed by atoms with Crippen molar-refractivity contribution in [1.82, 2.24) is 8.61 Å². The zero-order valence-electron chi connectivity index (χ0n) is 10.9. The van der Waals surface area contributed by atoms with Crippen molar-refractivity contribution < 1.29 is 12.8 Å². The average molecular weight is 285 g/mol. The van der Waals surface area contributed by atoms with E-state index in [0.29, 0.717) is 5.56 Å². The average Bonchev–Trinajstić information content (AvgIpc) is 2.38. The van der Waals surface area contributed by atoms with E-state index >= 15 is 0 Å². The third kappa shape index (κ3) is 4.28. The molecule has 0 heterocycles. The number of halogens is 1. The molecule has 104 valence electrons. The molecule has 0 aromatic heterocycles. The minimum Gasteiger partial charge on any atom is -0.207 e. The molecule has 5 nitrogen and oxygen atoms in total. The van der Waals surface area contributed by atoms with Crippen LogP contribution in [0, 0.1) is 17.1 Å². The van der Waals surface area contributed by atoms with Gasteiger partial charge < -0.3 is 0 Å². The van der Waals surface area contributed by atoms with Crippen molar-refractivity contribution in [3.05, 3.63) is 35.6 Å². The number of nitriles is 1. The lowest BCUT2D eigenvalue weighted by Gasteiger charge is -2.23. The van der Waals surface area contributed by atoms with Crippen molar-refractivity contribution in [1.29, 1.82) is 5.26 Å². The molecule has 0 radical (unpaired) electrons. The molecule has 0 unspecified atom stereocenters. The molecule has 0 bridgehead atoms. The Balaban J connectivity index is 2.73. The summed E-state index contributed by atoms with van der Waals surface area (Å²) >= 11 is 0. The van der Waals surface area contributed by atoms with Crippen molar-refractivity contribution in [3.63, 3.8) is 0 Å². The van der Waals surface area contributed by atoms with Crippen molar-refractivity contribution in [2.45, 2.75) is 13.0 Å². The van der Waals surface area contributed by atoms with Crippen LogP contribution in [0.2, 0.25) is 0 Å². The molecule has 19 heavy (non-hydrogen) atoms. The van der Waals surface area contributed by atoms with Crippen LogP contribution >= 0.6 is 0 Å². The number of benzene rings is 1. The fraction of sp³-hybridized carbons (Fsp3) is 0.417. The number of hydrogen-bond acceptors (Lipinski definition) is 3. The molecule has 0 aliphatic carbocycles. The summed E-state index contributed by atoms with van der Waals surface area (Å²) in [7, 11) is -0.727. The lowest BCUT2D eigenvalue weighted by atomic mass is 10.2. The molecule has 0 fully saturated rings. The first-order chi connectivity index (χ1) is 8.87. The van der Waals surface area contributed by atoms with E-state index in [0.717, 1.165) is 8.61 Å². The normalized spacial score (nSPS) is 11.8. The number of hydrogen-bond donors (Lipinski definition) is 0. The van der Waals surface area contributed by atoms with Crippen LogP contribution in [0.5, 0.6) is 0 Å². The lowest BCUT2D eigenvalue weighted by Crippen LogP contribution is -2.39. The molecular formula is C12H16FN3O2S. The van der Waals surface area contributed by atoms with Crippen molar-refractivity contribution in [2.24, 2.45) is 0 Å². The Labute approximate surface area is 113 Å². The first-order valence-electron chi connectivity index (χ1n) is 5.67. The lowest BCUT2D eigenvalue weighted by molar-refractivity contribution is 0.392. The molecule has 1 aromatic carbocycles. The Morgan fingerprint density at radius 2 is 1.79 bits per heavy atom. The van der Waals surface area contributed by atoms with Gasteiger partial charge in [0.15, 0.2) is 0 Å². The summed E-state index contributed by atoms with van der Waals surface area (Å²) in [5.41, 5.74) is 0.696. The molecular weight excluding hydrogens is 269 g/mol. The Morgan fingerprint density at radius 1 is 1.21 bits per heavy atom. The van der Waals surface area contributed by atoms with Gasteiger partial charge in [-0.15, -0.1) is 0 Å². The zero-order chi connectivity index (χ0) is 14.5. The summed E-state index contributed by atoms with van der Waals surface area (Å²) in [5, 5.41) is 8.46. The zero-order valence-corrected chi connectivity index (χ0v) is 11.7. The Bertz CT molecular complexity index is 551. The van der Waals surface area contributed by atoms with Crippen LogP contribution in [-0.4, -0.2) is 37.7 Å². The molecule has 0 aliphatic rings. The van der Waals surface area contributed by atoms with Gasteiger partial charge in [0, 0.05) is 33.6 Å². The number of rotatable bonds is 6. The van der Waals surface area contributed by atoms with Gasteiger partial charge in [-0.2, -0.15) is 22.3 Å². The van der Waals surface area contributed by atoms with Gasteiger partial charge in [-0.3, -0.25) is 0 Å². The van der Waals surface area contributed by atoms with Gasteiger partial charge in [0.2, 0.25) is 0 Å². The maximum absolute atomic E-state index is 12.8. The monoisotopic (exact) mass is 285 g/mol. The fourth-order valence-corrected chi connectivity index (χ4v) is 2.60. The van der Waals surface area contributed by atoms with Gasteiger partial charge in [-0.25, -0.2) is 4.39 Å². The molecule has 0 amide bonds. The fourth-order valence-electron chi connectivity index (χ4n) is 1.49. The van der Waals surface area contributed by atoms with Crippen molar-refractivity contribution in [3.8, 4) is 6.07 Å². The molecule has 0 aliphatic heterocycles. The maximum atomic E-state index is 12.8. The molecule has 0 saturated carbocycles. The van der Waals surface area contributed by atoms with E-state index in [1.165, 1.54) is 38.4 Å². The standard InChI is InChI=1S/C12H16FN3O2S/c1-15(9-3-8-14)19(17,18)16(2)10-11-4-6-12(13)7-5-11/h4-7H,3,9-10H2,1-2H3. The summed E-state index contributed by atoms with van der Waals surface area (Å²) in [6.07, 6.45) is 0.139. The molecule has 0 spiro atoms. The van der Waals surface area contributed by atoms with Crippen LogP contribution in [0.3, 0.4) is 0 Å². The van der Waals surface area contributed by atoms with Crippen LogP contribution in [0.15, 0.2) is 24.3 Å². The first kappa shape index (κ1) is 15.6. The molecule has 1 rings (SSSR count). The van der Waals surface area contributed by atoms with Crippen LogP contribution in [-0.2, 0) is 16.8 Å². The van der Waals surface area contributed by atoms with Crippen molar-refractivity contribution >= 4 is 10.2 Å². The van der Waals surface area contributed by atoms with Gasteiger partial charge in [-0.05, 0) is 17.7 Å². The Kier molecular flexibility index (Phi) is 5.42. The highest BCUT2D eigenvalue weighted by Crippen LogP contribution is 2.11. The summed E-state index contributed by atoms with van der Waals surface area (Å²) < 4.78 is 39.2. The predicted octanol–water partition coefficient (Wildman–Crippen LogP) is 1.35. The largest absolute Gasteiger partial charge is 0.281 e. The summed E-state index contributed by atoms with van der Waals surface area (Å²) in [6, 6.07) is 7.55. The minimum atomic E-state index is -3.60. The predicted molar refractivity (Wildman–Crippen MR) is 69.6 cm³/mol. The van der Waals surface area contributed by atoms with E-state index in [1.807, 2.05) is 6.07 Å². The second kappa shape index (κ2) is 6.61. The van der Waals surface area contributed by atoms with Gasteiger partial charge >= 0.3 is 0 Å². The van der Waals surface area contributed by atoms with Gasteiger partial charge in [0.1, 0.15) is 5.82 Å². The second-order valence-electron chi connectivity index (χ2n) is 4.12. The van der Waals surface area contributed by atoms with E-state index in [1.54, 1.807) is 0 Å². The van der Waals surface area contributed by atoms with E-state index in [4.69, 9.17) is 5.26 Å². The van der Waals surface area contributed by atoms with Gasteiger partial charge in [0.05, 0.1) is 6.07 Å². The number of nitrogens with zero attached hydrogens (tertiary/aromatic N) is 3. The van der Waals surface area contributed by atoms with Crippen LogP contribution in [0.1, 0.15) is 12.0 Å². The Hall–Kier alpha value is -1.49. The van der Waals surface area contributed by atoms with E-state index in [-0.39, 0.29) is 25.3 Å². The molecule has 7 heteroatoms. The molecule has 0 atom stereocenters. The summed E-state index contributed by atoms with van der Waals surface area (Å²) in [6.45, 7) is 0.298. The SMILES string of the molecule is CN(CCC#N)S(=O)(=O)N(C)Cc1ccc(F)cc1. The molecule has 1 aromatic rings. The van der Waals surface area contributed by atoms with Crippen LogP contribution < -0.4 is 0 Å². The molecule has 0 saturated heterocycles. The topological polar surface area (TPSA) is 64.4 Å². The van der Waals surface area contributed by atoms with E-state index in [2.05, 4.69) is 0 Å². The first-order valence-corrected chi connectivity index (χ1v) is 7.06. The summed E-state index contributed by atoms with van der Waals surface area (Å²) in [4.78, 5) is 0.